The minimum Gasteiger partial charge on any atom is -0.506 e. The number of nitrogens with zero attached hydrogens (tertiary/aromatic N) is 2. The van der Waals surface area contributed by atoms with Crippen LogP contribution >= 0.6 is 0 Å². The third kappa shape index (κ3) is 3.26. The van der Waals surface area contributed by atoms with Gasteiger partial charge in [0.15, 0.2) is 0 Å². The van der Waals surface area contributed by atoms with Gasteiger partial charge in [0.2, 0.25) is 0 Å². The van der Waals surface area contributed by atoms with E-state index in [0.29, 0.717) is 23.9 Å². The summed E-state index contributed by atoms with van der Waals surface area (Å²) in [5.74, 6) is -1.00. The third-order valence-corrected chi connectivity index (χ3v) is 3.68. The Hall–Kier alpha value is -2.63. The molecule has 0 saturated carbocycles. The molecule has 0 aliphatic rings. The lowest BCUT2D eigenvalue weighted by Crippen LogP contribution is -2.32. The first kappa shape index (κ1) is 16.7. The van der Waals surface area contributed by atoms with E-state index in [-0.39, 0.29) is 11.3 Å². The molecule has 0 saturated heterocycles. The molecular weight excluding hydrogens is 294 g/mol. The van der Waals surface area contributed by atoms with Gasteiger partial charge in [0, 0.05) is 17.6 Å². The van der Waals surface area contributed by atoms with Gasteiger partial charge in [-0.2, -0.15) is 5.10 Å². The monoisotopic (exact) mass is 315 g/mol. The quantitative estimate of drug-likeness (QED) is 0.657. The fourth-order valence-corrected chi connectivity index (χ4v) is 2.32. The molecule has 2 aromatic rings. The number of hydrogen-bond acceptors (Lipinski definition) is 4. The van der Waals surface area contributed by atoms with Crippen LogP contribution in [0.1, 0.15) is 44.0 Å². The van der Waals surface area contributed by atoms with Gasteiger partial charge in [-0.15, -0.1) is 0 Å². The first-order valence-electron chi connectivity index (χ1n) is 7.69. The van der Waals surface area contributed by atoms with Crippen LogP contribution in [-0.4, -0.2) is 21.3 Å². The Morgan fingerprint density at radius 2 is 2.00 bits per heavy atom. The summed E-state index contributed by atoms with van der Waals surface area (Å²) in [6.07, 6.45) is 1.42. The van der Waals surface area contributed by atoms with Crippen LogP contribution in [0, 0.1) is 0 Å². The van der Waals surface area contributed by atoms with Gasteiger partial charge >= 0.3 is 0 Å². The second kappa shape index (κ2) is 7.09. The highest BCUT2D eigenvalue weighted by atomic mass is 16.3. The largest absolute Gasteiger partial charge is 0.506 e. The van der Waals surface area contributed by atoms with E-state index in [9.17, 15) is 14.7 Å². The molecule has 0 aliphatic heterocycles. The van der Waals surface area contributed by atoms with Gasteiger partial charge < -0.3 is 9.67 Å². The number of fused-ring (bicyclic) bond motifs is 1. The molecule has 0 aliphatic carbocycles. The Bertz CT molecular complexity index is 822. The Balaban J connectivity index is 2.64. The molecule has 23 heavy (non-hydrogen) atoms. The van der Waals surface area contributed by atoms with E-state index in [4.69, 9.17) is 0 Å². The van der Waals surface area contributed by atoms with Crippen molar-refractivity contribution in [3.05, 3.63) is 40.2 Å². The summed E-state index contributed by atoms with van der Waals surface area (Å²) in [6.45, 7) is 6.10. The fourth-order valence-electron chi connectivity index (χ4n) is 2.32. The number of hydrazone groups is 1. The SMILES string of the molecule is CCCn1c(=O)c(C(=O)N/N=C(\C)CC)c(O)c2ccccc21. The van der Waals surface area contributed by atoms with E-state index >= 15 is 0 Å². The lowest BCUT2D eigenvalue weighted by molar-refractivity contribution is 0.0950. The molecule has 6 heteroatoms. The average molecular weight is 315 g/mol. The predicted molar refractivity (Wildman–Crippen MR) is 91.0 cm³/mol. The molecule has 0 unspecified atom stereocenters. The van der Waals surface area contributed by atoms with Crippen molar-refractivity contribution in [1.29, 1.82) is 0 Å². The summed E-state index contributed by atoms with van der Waals surface area (Å²) >= 11 is 0. The van der Waals surface area contributed by atoms with E-state index < -0.39 is 11.5 Å². The maximum atomic E-state index is 12.6. The smallest absolute Gasteiger partial charge is 0.280 e. The Kier molecular flexibility index (Phi) is 5.16. The minimum atomic E-state index is -0.698. The number of aryl methyl sites for hydroxylation is 1. The highest BCUT2D eigenvalue weighted by molar-refractivity contribution is 6.02. The zero-order chi connectivity index (χ0) is 17.0. The average Bonchev–Trinajstić information content (AvgIpc) is 2.56. The highest BCUT2D eigenvalue weighted by Gasteiger charge is 2.21. The zero-order valence-corrected chi connectivity index (χ0v) is 13.6. The molecule has 1 aromatic carbocycles. The number of amides is 1. The summed E-state index contributed by atoms with van der Waals surface area (Å²) in [5.41, 5.74) is 2.90. The van der Waals surface area contributed by atoms with Gasteiger partial charge in [0.25, 0.3) is 11.5 Å². The van der Waals surface area contributed by atoms with Crippen molar-refractivity contribution in [2.24, 2.45) is 5.10 Å². The second-order valence-electron chi connectivity index (χ2n) is 5.34. The zero-order valence-electron chi connectivity index (χ0n) is 13.6. The number of aromatic nitrogens is 1. The van der Waals surface area contributed by atoms with Gasteiger partial charge in [-0.1, -0.05) is 26.0 Å². The molecule has 2 N–H and O–H groups in total. The van der Waals surface area contributed by atoms with Gasteiger partial charge in [-0.3, -0.25) is 9.59 Å². The van der Waals surface area contributed by atoms with Crippen LogP contribution in [-0.2, 0) is 6.54 Å². The van der Waals surface area contributed by atoms with Crippen molar-refractivity contribution in [1.82, 2.24) is 9.99 Å². The highest BCUT2D eigenvalue weighted by Crippen LogP contribution is 2.26. The number of carbonyl (C=O) groups excluding carboxylic acids is 1. The minimum absolute atomic E-state index is 0.273. The van der Waals surface area contributed by atoms with E-state index in [2.05, 4.69) is 10.5 Å². The molecule has 1 aromatic heterocycles. The van der Waals surface area contributed by atoms with Crippen LogP contribution in [0.15, 0.2) is 34.2 Å². The number of aromatic hydroxyl groups is 1. The maximum Gasteiger partial charge on any atom is 0.280 e. The van der Waals surface area contributed by atoms with Crippen LogP contribution < -0.4 is 11.0 Å². The predicted octanol–water partition coefficient (Wildman–Crippen LogP) is 2.63. The first-order valence-corrected chi connectivity index (χ1v) is 7.69. The Morgan fingerprint density at radius 3 is 2.65 bits per heavy atom. The van der Waals surface area contributed by atoms with E-state index in [1.807, 2.05) is 13.8 Å². The molecule has 122 valence electrons. The van der Waals surface area contributed by atoms with Crippen molar-refractivity contribution in [2.75, 3.05) is 0 Å². The molecule has 6 nitrogen and oxygen atoms in total. The molecule has 2 rings (SSSR count). The van der Waals surface area contributed by atoms with Gasteiger partial charge in [-0.05, 0) is 31.9 Å². The summed E-state index contributed by atoms with van der Waals surface area (Å²) < 4.78 is 1.51. The summed E-state index contributed by atoms with van der Waals surface area (Å²) in [4.78, 5) is 25.0. The number of rotatable bonds is 5. The van der Waals surface area contributed by atoms with Gasteiger partial charge in [0.1, 0.15) is 11.3 Å². The van der Waals surface area contributed by atoms with Crippen LogP contribution in [0.25, 0.3) is 10.9 Å². The van der Waals surface area contributed by atoms with E-state index in [0.717, 1.165) is 12.1 Å². The van der Waals surface area contributed by atoms with Crippen molar-refractivity contribution in [3.8, 4) is 5.75 Å². The third-order valence-electron chi connectivity index (χ3n) is 3.68. The summed E-state index contributed by atoms with van der Waals surface area (Å²) in [6, 6.07) is 6.99. The summed E-state index contributed by atoms with van der Waals surface area (Å²) in [7, 11) is 0. The lowest BCUT2D eigenvalue weighted by Gasteiger charge is -2.13. The Labute approximate surface area is 134 Å². The van der Waals surface area contributed by atoms with Gasteiger partial charge in [0.05, 0.1) is 5.52 Å². The van der Waals surface area contributed by atoms with Crippen LogP contribution in [0.4, 0.5) is 0 Å². The van der Waals surface area contributed by atoms with Crippen molar-refractivity contribution in [3.63, 3.8) is 0 Å². The number of nitrogens with one attached hydrogen (secondary N) is 1. The molecular formula is C17H21N3O3. The van der Waals surface area contributed by atoms with Crippen LogP contribution in [0.3, 0.4) is 0 Å². The molecule has 1 heterocycles. The number of hydrogen-bond donors (Lipinski definition) is 2. The van der Waals surface area contributed by atoms with E-state index in [1.54, 1.807) is 31.2 Å². The standard InChI is InChI=1S/C17H21N3O3/c1-4-10-20-13-9-7-6-8-12(13)15(21)14(17(20)23)16(22)19-18-11(3)5-2/h6-9,21H,4-5,10H2,1-3H3,(H,19,22)/b18-11+. The molecule has 1 amide bonds. The maximum absolute atomic E-state index is 12.6. The van der Waals surface area contributed by atoms with Crippen molar-refractivity contribution < 1.29 is 9.90 Å². The molecule has 0 fully saturated rings. The topological polar surface area (TPSA) is 83.7 Å². The molecule has 0 bridgehead atoms. The van der Waals surface area contributed by atoms with Crippen LogP contribution in [0.5, 0.6) is 5.75 Å². The Morgan fingerprint density at radius 1 is 1.30 bits per heavy atom. The number of carbonyl (C=O) groups is 1. The number of benzene rings is 1. The van der Waals surface area contributed by atoms with Crippen molar-refractivity contribution in [2.45, 2.75) is 40.2 Å². The first-order chi connectivity index (χ1) is 11.0. The van der Waals surface area contributed by atoms with Crippen LogP contribution in [0.2, 0.25) is 0 Å². The molecule has 0 atom stereocenters. The summed E-state index contributed by atoms with van der Waals surface area (Å²) in [5, 5.41) is 14.8. The number of para-hydroxylation sites is 1. The lowest BCUT2D eigenvalue weighted by atomic mass is 10.1. The number of pyridine rings is 1. The normalized spacial score (nSPS) is 11.7. The van der Waals surface area contributed by atoms with Crippen molar-refractivity contribution >= 4 is 22.5 Å². The molecule has 0 radical (unpaired) electrons. The van der Waals surface area contributed by atoms with Gasteiger partial charge in [-0.25, -0.2) is 5.43 Å². The fraction of sp³-hybridized carbons (Fsp3) is 0.353. The molecule has 0 spiro atoms. The second-order valence-corrected chi connectivity index (χ2v) is 5.34. The van der Waals surface area contributed by atoms with E-state index in [1.165, 1.54) is 4.57 Å².